The topological polar surface area (TPSA) is 50.4 Å². The summed E-state index contributed by atoms with van der Waals surface area (Å²) in [7, 11) is 0. The van der Waals surface area contributed by atoms with Crippen LogP contribution in [-0.4, -0.2) is 25.4 Å². The lowest BCUT2D eigenvalue weighted by Gasteiger charge is -2.36. The molecule has 1 unspecified atom stereocenters. The Balaban J connectivity index is 2.09. The Morgan fingerprint density at radius 1 is 1.35 bits per heavy atom. The van der Waals surface area contributed by atoms with E-state index in [1.54, 1.807) is 0 Å². The number of nitrogens with one attached hydrogen (secondary N) is 2. The number of fused-ring (bicyclic) bond motifs is 1. The molecule has 1 aromatic carbocycles. The molecule has 4 nitrogen and oxygen atoms in total. The van der Waals surface area contributed by atoms with Crippen LogP contribution in [0.3, 0.4) is 0 Å². The minimum absolute atomic E-state index is 0.0334. The zero-order chi connectivity index (χ0) is 16.9. The first-order valence-electron chi connectivity index (χ1n) is 7.21. The zero-order valence-corrected chi connectivity index (χ0v) is 13.1. The van der Waals surface area contributed by atoms with E-state index in [0.717, 1.165) is 12.8 Å². The fourth-order valence-electron chi connectivity index (χ4n) is 2.54. The highest BCUT2D eigenvalue weighted by Crippen LogP contribution is 2.51. The second kappa shape index (κ2) is 5.27. The van der Waals surface area contributed by atoms with Crippen molar-refractivity contribution < 1.29 is 22.7 Å². The number of hydrogen-bond acceptors (Lipinski definition) is 2. The van der Waals surface area contributed by atoms with Gasteiger partial charge in [0.1, 0.15) is 0 Å². The summed E-state index contributed by atoms with van der Waals surface area (Å²) in [6.07, 6.45) is -3.06. The Kier molecular flexibility index (Phi) is 3.76. The summed E-state index contributed by atoms with van der Waals surface area (Å²) in [5, 5.41) is 4.78. The normalized spacial score (nSPS) is 25.9. The van der Waals surface area contributed by atoms with Gasteiger partial charge in [-0.1, -0.05) is 18.5 Å². The van der Waals surface area contributed by atoms with E-state index in [9.17, 15) is 18.0 Å². The first kappa shape index (κ1) is 16.4. The smallest absolute Gasteiger partial charge is 0.359 e. The summed E-state index contributed by atoms with van der Waals surface area (Å²) < 4.78 is 47.3. The first-order valence-corrected chi connectivity index (χ1v) is 7.59. The van der Waals surface area contributed by atoms with Crippen LogP contribution in [0.1, 0.15) is 25.3 Å². The number of urea groups is 1. The number of alkyl halides is 3. The van der Waals surface area contributed by atoms with Gasteiger partial charge in [0.25, 0.3) is 0 Å². The van der Waals surface area contributed by atoms with Crippen LogP contribution in [-0.2, 0) is 10.3 Å². The molecular formula is C15H16ClF3N2O2. The lowest BCUT2D eigenvalue weighted by Crippen LogP contribution is -2.52. The molecule has 0 radical (unpaired) electrons. The van der Waals surface area contributed by atoms with Gasteiger partial charge in [-0.3, -0.25) is 0 Å². The van der Waals surface area contributed by atoms with Crippen molar-refractivity contribution in [2.24, 2.45) is 5.41 Å². The molecule has 23 heavy (non-hydrogen) atoms. The van der Waals surface area contributed by atoms with Gasteiger partial charge >= 0.3 is 12.2 Å². The predicted octanol–water partition coefficient (Wildman–Crippen LogP) is 4.05. The molecule has 0 aromatic heterocycles. The van der Waals surface area contributed by atoms with E-state index in [0.29, 0.717) is 0 Å². The third-order valence-corrected chi connectivity index (χ3v) is 4.63. The maximum Gasteiger partial charge on any atom is 0.423 e. The van der Waals surface area contributed by atoms with Gasteiger partial charge in [-0.15, -0.1) is 0 Å². The Labute approximate surface area is 136 Å². The van der Waals surface area contributed by atoms with E-state index in [1.807, 2.05) is 6.92 Å². The summed E-state index contributed by atoms with van der Waals surface area (Å²) in [5.41, 5.74) is -3.00. The maximum atomic E-state index is 14.0. The average Bonchev–Trinajstić information content (AvgIpc) is 3.19. The van der Waals surface area contributed by atoms with Crippen molar-refractivity contribution >= 4 is 23.3 Å². The number of carbonyl (C=O) groups is 1. The number of rotatable bonds is 3. The highest BCUT2D eigenvalue weighted by atomic mass is 35.5. The summed E-state index contributed by atoms with van der Waals surface area (Å²) in [4.78, 5) is 11.7. The molecule has 3 rings (SSSR count). The van der Waals surface area contributed by atoms with Crippen molar-refractivity contribution in [3.63, 3.8) is 0 Å². The van der Waals surface area contributed by atoms with E-state index in [1.165, 1.54) is 18.2 Å². The summed E-state index contributed by atoms with van der Waals surface area (Å²) in [6.45, 7) is 1.14. The van der Waals surface area contributed by atoms with Crippen molar-refractivity contribution in [1.29, 1.82) is 0 Å². The molecule has 1 atom stereocenters. The molecule has 1 heterocycles. The summed E-state index contributed by atoms with van der Waals surface area (Å²) in [5.74, 6) is 0. The van der Waals surface area contributed by atoms with Gasteiger partial charge in [0.15, 0.2) is 0 Å². The largest absolute Gasteiger partial charge is 0.423 e. The van der Waals surface area contributed by atoms with Crippen LogP contribution >= 0.6 is 11.6 Å². The van der Waals surface area contributed by atoms with E-state index in [2.05, 4.69) is 10.6 Å². The Morgan fingerprint density at radius 2 is 2.04 bits per heavy atom. The molecule has 0 bridgehead atoms. The van der Waals surface area contributed by atoms with Gasteiger partial charge < -0.3 is 15.4 Å². The standard InChI is InChI=1S/C15H16ClF3N2O2/c1-13(4-5-13)8-23-14(15(17,18)19)7-20-12(22)21-11-3-2-9(16)6-10(11)14/h2-3,6H,4-5,7-8H2,1H3,(H2,20,21,22). The lowest BCUT2D eigenvalue weighted by molar-refractivity contribution is -0.285. The maximum absolute atomic E-state index is 14.0. The summed E-state index contributed by atoms with van der Waals surface area (Å²) in [6, 6.07) is 3.27. The number of ether oxygens (including phenoxy) is 1. The van der Waals surface area contributed by atoms with Crippen LogP contribution in [0.2, 0.25) is 5.02 Å². The number of benzene rings is 1. The second-order valence-corrected chi connectivity index (χ2v) is 6.86. The molecule has 2 amide bonds. The van der Waals surface area contributed by atoms with Crippen molar-refractivity contribution in [1.82, 2.24) is 5.32 Å². The van der Waals surface area contributed by atoms with Crippen molar-refractivity contribution in [2.75, 3.05) is 18.5 Å². The number of amides is 2. The minimum atomic E-state index is -4.71. The average molecular weight is 349 g/mol. The molecule has 126 valence electrons. The zero-order valence-electron chi connectivity index (χ0n) is 12.4. The van der Waals surface area contributed by atoms with Crippen LogP contribution in [0.15, 0.2) is 18.2 Å². The van der Waals surface area contributed by atoms with E-state index in [4.69, 9.17) is 16.3 Å². The number of anilines is 1. The third kappa shape index (κ3) is 2.99. The molecule has 1 aliphatic carbocycles. The van der Waals surface area contributed by atoms with Crippen LogP contribution in [0.5, 0.6) is 0 Å². The quantitative estimate of drug-likeness (QED) is 0.865. The SMILES string of the molecule is CC1(COC2(C(F)(F)F)CNC(=O)Nc3ccc(Cl)cc32)CC1. The van der Waals surface area contributed by atoms with Gasteiger partial charge in [-0.2, -0.15) is 13.2 Å². The van der Waals surface area contributed by atoms with Crippen LogP contribution in [0.25, 0.3) is 0 Å². The van der Waals surface area contributed by atoms with Gasteiger partial charge in [0.2, 0.25) is 5.60 Å². The Hall–Kier alpha value is -1.47. The minimum Gasteiger partial charge on any atom is -0.359 e. The Bertz CT molecular complexity index is 646. The molecule has 1 aromatic rings. The fourth-order valence-corrected chi connectivity index (χ4v) is 2.72. The van der Waals surface area contributed by atoms with Crippen LogP contribution in [0, 0.1) is 5.41 Å². The molecular weight excluding hydrogens is 333 g/mol. The van der Waals surface area contributed by atoms with E-state index in [-0.39, 0.29) is 28.3 Å². The van der Waals surface area contributed by atoms with Gasteiger partial charge in [-0.05, 0) is 36.5 Å². The second-order valence-electron chi connectivity index (χ2n) is 6.42. The lowest BCUT2D eigenvalue weighted by atomic mass is 9.91. The van der Waals surface area contributed by atoms with Gasteiger partial charge in [0, 0.05) is 16.3 Å². The molecule has 2 aliphatic rings. The highest BCUT2D eigenvalue weighted by molar-refractivity contribution is 6.30. The predicted molar refractivity (Wildman–Crippen MR) is 79.5 cm³/mol. The molecule has 0 spiro atoms. The van der Waals surface area contributed by atoms with Gasteiger partial charge in [-0.25, -0.2) is 4.79 Å². The van der Waals surface area contributed by atoms with E-state index < -0.39 is 24.4 Å². The monoisotopic (exact) mass is 348 g/mol. The van der Waals surface area contributed by atoms with Gasteiger partial charge in [0.05, 0.1) is 13.2 Å². The molecule has 8 heteroatoms. The highest BCUT2D eigenvalue weighted by Gasteiger charge is 2.60. The first-order chi connectivity index (χ1) is 10.7. The molecule has 1 saturated carbocycles. The third-order valence-electron chi connectivity index (χ3n) is 4.39. The number of carbonyl (C=O) groups excluding carboxylic acids is 1. The fraction of sp³-hybridized carbons (Fsp3) is 0.533. The molecule has 1 fully saturated rings. The van der Waals surface area contributed by atoms with Crippen molar-refractivity contribution in [3.05, 3.63) is 28.8 Å². The number of halogens is 4. The number of hydrogen-bond donors (Lipinski definition) is 2. The summed E-state index contributed by atoms with van der Waals surface area (Å²) >= 11 is 5.89. The Morgan fingerprint density at radius 3 is 2.65 bits per heavy atom. The molecule has 0 saturated heterocycles. The van der Waals surface area contributed by atoms with Crippen LogP contribution < -0.4 is 10.6 Å². The molecule has 2 N–H and O–H groups in total. The van der Waals surface area contributed by atoms with Crippen molar-refractivity contribution in [2.45, 2.75) is 31.5 Å². The van der Waals surface area contributed by atoms with Crippen molar-refractivity contribution in [3.8, 4) is 0 Å². The molecule has 1 aliphatic heterocycles. The van der Waals surface area contributed by atoms with Crippen LogP contribution in [0.4, 0.5) is 23.7 Å². The van der Waals surface area contributed by atoms with E-state index >= 15 is 0 Å².